The second-order valence-corrected chi connectivity index (χ2v) is 5.32. The molecule has 5 nitrogen and oxygen atoms in total. The molecule has 1 heterocycles. The normalized spacial score (nSPS) is 12.2. The molecule has 1 amide bonds. The highest BCUT2D eigenvalue weighted by Crippen LogP contribution is 2.27. The highest BCUT2D eigenvalue weighted by atomic mass is 79.9. The highest BCUT2D eigenvalue weighted by Gasteiger charge is 2.19. The smallest absolute Gasteiger partial charge is 0.244 e. The van der Waals surface area contributed by atoms with Crippen LogP contribution in [0.2, 0.25) is 5.02 Å². The summed E-state index contributed by atoms with van der Waals surface area (Å²) >= 11 is 9.25. The van der Waals surface area contributed by atoms with E-state index in [4.69, 9.17) is 17.3 Å². The first-order valence-corrected chi connectivity index (χ1v) is 6.64. The van der Waals surface area contributed by atoms with Gasteiger partial charge in [-0.05, 0) is 34.1 Å². The van der Waals surface area contributed by atoms with E-state index in [0.717, 1.165) is 10.2 Å². The van der Waals surface area contributed by atoms with Gasteiger partial charge in [-0.2, -0.15) is 5.10 Å². The highest BCUT2D eigenvalue weighted by molar-refractivity contribution is 9.10. The van der Waals surface area contributed by atoms with Gasteiger partial charge >= 0.3 is 0 Å². The Morgan fingerprint density at radius 3 is 2.84 bits per heavy atom. The number of hydrogen-bond acceptors (Lipinski definition) is 3. The van der Waals surface area contributed by atoms with Crippen LogP contribution in [0.4, 0.5) is 5.69 Å². The average Bonchev–Trinajstić information content (AvgIpc) is 2.76. The monoisotopic (exact) mass is 342 g/mol. The molecule has 7 heteroatoms. The van der Waals surface area contributed by atoms with E-state index in [1.807, 2.05) is 0 Å². The minimum atomic E-state index is -0.637. The predicted molar refractivity (Wildman–Crippen MR) is 77.9 cm³/mol. The lowest BCUT2D eigenvalue weighted by Crippen LogP contribution is -2.27. The van der Waals surface area contributed by atoms with Gasteiger partial charge < -0.3 is 11.1 Å². The van der Waals surface area contributed by atoms with Gasteiger partial charge in [-0.25, -0.2) is 0 Å². The minimum Gasteiger partial charge on any atom is -0.370 e. The Bertz CT molecular complexity index is 614. The molecule has 100 valence electrons. The number of amides is 1. The lowest BCUT2D eigenvalue weighted by Gasteiger charge is -2.15. The van der Waals surface area contributed by atoms with Crippen LogP contribution in [-0.2, 0) is 11.8 Å². The zero-order valence-corrected chi connectivity index (χ0v) is 12.4. The van der Waals surface area contributed by atoms with Gasteiger partial charge in [-0.1, -0.05) is 11.6 Å². The number of carbonyl (C=O) groups is 1. The van der Waals surface area contributed by atoms with E-state index in [0.29, 0.717) is 10.6 Å². The summed E-state index contributed by atoms with van der Waals surface area (Å²) in [5, 5.41) is 7.69. The molecule has 0 aliphatic rings. The summed E-state index contributed by atoms with van der Waals surface area (Å²) in [6, 6.07) is 4.66. The Morgan fingerprint density at radius 2 is 2.32 bits per heavy atom. The number of hydrogen-bond donors (Lipinski definition) is 2. The van der Waals surface area contributed by atoms with Gasteiger partial charge in [-0.3, -0.25) is 9.48 Å². The summed E-state index contributed by atoms with van der Waals surface area (Å²) in [6.45, 7) is 0. The van der Waals surface area contributed by atoms with Crippen LogP contribution in [0.25, 0.3) is 0 Å². The van der Waals surface area contributed by atoms with Gasteiger partial charge in [0.2, 0.25) is 5.91 Å². The second kappa shape index (κ2) is 5.63. The fourth-order valence-corrected chi connectivity index (χ4v) is 2.16. The number of halogens is 2. The average molecular weight is 344 g/mol. The van der Waals surface area contributed by atoms with Crippen LogP contribution in [0.3, 0.4) is 0 Å². The molecule has 0 aliphatic heterocycles. The van der Waals surface area contributed by atoms with Gasteiger partial charge in [-0.15, -0.1) is 0 Å². The molecule has 0 radical (unpaired) electrons. The van der Waals surface area contributed by atoms with Crippen LogP contribution < -0.4 is 11.1 Å². The number of benzene rings is 1. The molecule has 19 heavy (non-hydrogen) atoms. The molecule has 3 N–H and O–H groups in total. The van der Waals surface area contributed by atoms with Crippen molar-refractivity contribution in [1.29, 1.82) is 0 Å². The zero-order chi connectivity index (χ0) is 14.0. The summed E-state index contributed by atoms with van der Waals surface area (Å²) < 4.78 is 2.36. The molecule has 2 aromatic rings. The van der Waals surface area contributed by atoms with Crippen molar-refractivity contribution in [2.24, 2.45) is 12.8 Å². The van der Waals surface area contributed by atoms with Crippen molar-refractivity contribution in [2.75, 3.05) is 5.32 Å². The molecule has 0 spiro atoms. The number of nitrogens with one attached hydrogen (secondary N) is 1. The molecule has 1 atom stereocenters. The molecule has 2 rings (SSSR count). The number of rotatable bonds is 4. The molecule has 0 bridgehead atoms. The van der Waals surface area contributed by atoms with Crippen molar-refractivity contribution >= 4 is 39.1 Å². The number of aromatic nitrogens is 2. The standard InChI is InChI=1S/C12H12BrClN4O/c1-18-6-7(5-16-18)11(12(15)19)17-8-2-3-10(14)9(13)4-8/h2-6,11,17H,1H3,(H2,15,19). The summed E-state index contributed by atoms with van der Waals surface area (Å²) in [7, 11) is 1.78. The summed E-state index contributed by atoms with van der Waals surface area (Å²) in [6.07, 6.45) is 3.35. The van der Waals surface area contributed by atoms with Crippen LogP contribution in [0, 0.1) is 0 Å². The Balaban J connectivity index is 2.26. The molecular formula is C12H12BrClN4O. The molecule has 1 aromatic carbocycles. The Kier molecular flexibility index (Phi) is 4.11. The third kappa shape index (κ3) is 3.27. The van der Waals surface area contributed by atoms with Crippen molar-refractivity contribution in [2.45, 2.75) is 6.04 Å². The number of nitrogens with two attached hydrogens (primary N) is 1. The van der Waals surface area contributed by atoms with Crippen LogP contribution in [0.1, 0.15) is 11.6 Å². The summed E-state index contributed by atoms with van der Waals surface area (Å²) in [4.78, 5) is 11.6. The van der Waals surface area contributed by atoms with Gasteiger partial charge in [0.05, 0.1) is 11.2 Å². The maximum Gasteiger partial charge on any atom is 0.244 e. The van der Waals surface area contributed by atoms with E-state index in [1.165, 1.54) is 0 Å². The lowest BCUT2D eigenvalue weighted by atomic mass is 10.1. The maximum atomic E-state index is 11.6. The molecule has 0 aliphatic carbocycles. The van der Waals surface area contributed by atoms with Crippen molar-refractivity contribution in [3.8, 4) is 0 Å². The fraction of sp³-hybridized carbons (Fsp3) is 0.167. The van der Waals surface area contributed by atoms with E-state index in [-0.39, 0.29) is 0 Å². The van der Waals surface area contributed by atoms with Crippen molar-refractivity contribution in [3.63, 3.8) is 0 Å². The van der Waals surface area contributed by atoms with E-state index < -0.39 is 11.9 Å². The fourth-order valence-electron chi connectivity index (χ4n) is 1.66. The number of nitrogens with zero attached hydrogens (tertiary/aromatic N) is 2. The van der Waals surface area contributed by atoms with E-state index in [2.05, 4.69) is 26.3 Å². The van der Waals surface area contributed by atoms with E-state index in [9.17, 15) is 4.79 Å². The number of primary amides is 1. The molecule has 0 saturated heterocycles. The quantitative estimate of drug-likeness (QED) is 0.895. The first-order chi connectivity index (χ1) is 8.97. The van der Waals surface area contributed by atoms with Crippen LogP contribution in [-0.4, -0.2) is 15.7 Å². The number of anilines is 1. The molecule has 0 saturated carbocycles. The van der Waals surface area contributed by atoms with E-state index >= 15 is 0 Å². The van der Waals surface area contributed by atoms with Gasteiger partial charge in [0, 0.05) is 29.0 Å². The minimum absolute atomic E-state index is 0.473. The molecule has 0 fully saturated rings. The first kappa shape index (κ1) is 13.9. The SMILES string of the molecule is Cn1cc(C(Nc2ccc(Cl)c(Br)c2)C(N)=O)cn1. The van der Waals surface area contributed by atoms with Gasteiger partial charge in [0.25, 0.3) is 0 Å². The molecular weight excluding hydrogens is 332 g/mol. The summed E-state index contributed by atoms with van der Waals surface area (Å²) in [5.74, 6) is -0.473. The third-order valence-corrected chi connectivity index (χ3v) is 3.79. The zero-order valence-electron chi connectivity index (χ0n) is 10.1. The van der Waals surface area contributed by atoms with E-state index in [1.54, 1.807) is 42.3 Å². The van der Waals surface area contributed by atoms with Crippen LogP contribution in [0.15, 0.2) is 35.1 Å². The predicted octanol–water partition coefficient (Wildman–Crippen LogP) is 2.47. The largest absolute Gasteiger partial charge is 0.370 e. The third-order valence-electron chi connectivity index (χ3n) is 2.57. The maximum absolute atomic E-state index is 11.6. The summed E-state index contributed by atoms with van der Waals surface area (Å²) in [5.41, 5.74) is 6.87. The second-order valence-electron chi connectivity index (χ2n) is 4.06. The molecule has 1 aromatic heterocycles. The Morgan fingerprint density at radius 1 is 1.58 bits per heavy atom. The Hall–Kier alpha value is -1.53. The van der Waals surface area contributed by atoms with Crippen LogP contribution >= 0.6 is 27.5 Å². The van der Waals surface area contributed by atoms with Gasteiger partial charge in [0.1, 0.15) is 6.04 Å². The number of carbonyl (C=O) groups excluding carboxylic acids is 1. The number of aryl methyl sites for hydroxylation is 1. The van der Waals surface area contributed by atoms with Gasteiger partial charge in [0.15, 0.2) is 0 Å². The first-order valence-electron chi connectivity index (χ1n) is 5.47. The molecule has 1 unspecified atom stereocenters. The topological polar surface area (TPSA) is 72.9 Å². The Labute approximate surface area is 123 Å². The lowest BCUT2D eigenvalue weighted by molar-refractivity contribution is -0.118. The van der Waals surface area contributed by atoms with Crippen molar-refractivity contribution < 1.29 is 4.79 Å². The van der Waals surface area contributed by atoms with Crippen molar-refractivity contribution in [1.82, 2.24) is 9.78 Å². The van der Waals surface area contributed by atoms with Crippen LogP contribution in [0.5, 0.6) is 0 Å². The van der Waals surface area contributed by atoms with Crippen molar-refractivity contribution in [3.05, 3.63) is 45.7 Å².